The molecule has 0 aliphatic carbocycles. The molecule has 2 aliphatic heterocycles. The Morgan fingerprint density at radius 2 is 2.21 bits per heavy atom. The summed E-state index contributed by atoms with van der Waals surface area (Å²) in [6.45, 7) is 8.03. The molecule has 2 saturated heterocycles. The van der Waals surface area contributed by atoms with Crippen LogP contribution in [-0.2, 0) is 4.74 Å². The normalized spacial score (nSPS) is 32.1. The fourth-order valence-corrected chi connectivity index (χ4v) is 2.99. The van der Waals surface area contributed by atoms with E-state index in [9.17, 15) is 9.90 Å². The first-order valence-electron chi connectivity index (χ1n) is 7.25. The van der Waals surface area contributed by atoms with E-state index in [4.69, 9.17) is 4.74 Å². The van der Waals surface area contributed by atoms with E-state index < -0.39 is 0 Å². The summed E-state index contributed by atoms with van der Waals surface area (Å²) < 4.78 is 5.65. The molecule has 19 heavy (non-hydrogen) atoms. The summed E-state index contributed by atoms with van der Waals surface area (Å²) in [4.78, 5) is 14.0. The lowest BCUT2D eigenvalue weighted by Gasteiger charge is -2.36. The second-order valence-electron chi connectivity index (χ2n) is 6.48. The van der Waals surface area contributed by atoms with Gasteiger partial charge in [-0.15, -0.1) is 0 Å². The molecule has 0 spiro atoms. The van der Waals surface area contributed by atoms with Gasteiger partial charge in [0.1, 0.15) is 0 Å². The number of nitrogens with zero attached hydrogens (tertiary/aromatic N) is 1. The molecule has 2 aliphatic rings. The summed E-state index contributed by atoms with van der Waals surface area (Å²) in [5.41, 5.74) is -0.149. The summed E-state index contributed by atoms with van der Waals surface area (Å²) in [6, 6.07) is 0.202. The molecule has 3 unspecified atom stereocenters. The molecule has 110 valence electrons. The maximum absolute atomic E-state index is 12.2. The van der Waals surface area contributed by atoms with Crippen LogP contribution in [0, 0.1) is 5.92 Å². The molecular formula is C14H26N2O3. The van der Waals surface area contributed by atoms with Gasteiger partial charge in [-0.05, 0) is 40.0 Å². The van der Waals surface area contributed by atoms with Crippen LogP contribution in [0.4, 0.5) is 4.79 Å². The summed E-state index contributed by atoms with van der Waals surface area (Å²) >= 11 is 0. The number of aliphatic hydroxyl groups is 1. The molecule has 5 heteroatoms. The lowest BCUT2D eigenvalue weighted by atomic mass is 9.94. The van der Waals surface area contributed by atoms with E-state index in [0.717, 1.165) is 25.8 Å². The average molecular weight is 270 g/mol. The predicted molar refractivity (Wildman–Crippen MR) is 72.9 cm³/mol. The van der Waals surface area contributed by atoms with Crippen LogP contribution in [0.5, 0.6) is 0 Å². The number of hydrogen-bond acceptors (Lipinski definition) is 3. The summed E-state index contributed by atoms with van der Waals surface area (Å²) in [7, 11) is 0. The summed E-state index contributed by atoms with van der Waals surface area (Å²) in [6.07, 6.45) is 2.29. The fraction of sp³-hybridized carbons (Fsp3) is 0.929. The quantitative estimate of drug-likeness (QED) is 0.796. The third-order valence-electron chi connectivity index (χ3n) is 4.22. The van der Waals surface area contributed by atoms with Gasteiger partial charge in [-0.25, -0.2) is 4.79 Å². The molecule has 0 aromatic carbocycles. The van der Waals surface area contributed by atoms with Gasteiger partial charge in [0.25, 0.3) is 0 Å². The number of aliphatic hydroxyl groups excluding tert-OH is 1. The van der Waals surface area contributed by atoms with Crippen molar-refractivity contribution < 1.29 is 14.6 Å². The van der Waals surface area contributed by atoms with Crippen molar-refractivity contribution in [1.82, 2.24) is 10.2 Å². The van der Waals surface area contributed by atoms with Gasteiger partial charge in [-0.3, -0.25) is 0 Å². The van der Waals surface area contributed by atoms with E-state index >= 15 is 0 Å². The topological polar surface area (TPSA) is 61.8 Å². The Labute approximate surface area is 115 Å². The number of hydrogen-bond donors (Lipinski definition) is 2. The SMILES string of the molecule is CC(O)C1CCN(C(=O)NC2CCOC(C)(C)C2)C1. The second kappa shape index (κ2) is 5.67. The number of likely N-dealkylation sites (tertiary alicyclic amines) is 1. The zero-order chi connectivity index (χ0) is 14.0. The van der Waals surface area contributed by atoms with Gasteiger partial charge in [0.15, 0.2) is 0 Å². The van der Waals surface area contributed by atoms with Crippen molar-refractivity contribution in [2.24, 2.45) is 5.92 Å². The molecule has 2 fully saturated rings. The van der Waals surface area contributed by atoms with Crippen LogP contribution in [0.1, 0.15) is 40.0 Å². The molecule has 5 nitrogen and oxygen atoms in total. The molecule has 2 N–H and O–H groups in total. The third-order valence-corrected chi connectivity index (χ3v) is 4.22. The third kappa shape index (κ3) is 3.83. The standard InChI is InChI=1S/C14H26N2O3/c1-10(17)11-4-6-16(9-11)13(18)15-12-5-7-19-14(2,3)8-12/h10-12,17H,4-9H2,1-3H3,(H,15,18). The minimum Gasteiger partial charge on any atom is -0.393 e. The largest absolute Gasteiger partial charge is 0.393 e. The molecule has 3 atom stereocenters. The van der Waals surface area contributed by atoms with Crippen molar-refractivity contribution in [3.05, 3.63) is 0 Å². The van der Waals surface area contributed by atoms with Crippen LogP contribution in [0.3, 0.4) is 0 Å². The monoisotopic (exact) mass is 270 g/mol. The van der Waals surface area contributed by atoms with E-state index in [0.29, 0.717) is 13.2 Å². The Morgan fingerprint density at radius 3 is 2.79 bits per heavy atom. The smallest absolute Gasteiger partial charge is 0.317 e. The second-order valence-corrected chi connectivity index (χ2v) is 6.48. The van der Waals surface area contributed by atoms with Gasteiger partial charge < -0.3 is 20.1 Å². The van der Waals surface area contributed by atoms with Crippen LogP contribution >= 0.6 is 0 Å². The minimum absolute atomic E-state index is 0.00542. The van der Waals surface area contributed by atoms with Gasteiger partial charge in [0.05, 0.1) is 11.7 Å². The molecule has 2 amide bonds. The van der Waals surface area contributed by atoms with Crippen molar-refractivity contribution in [1.29, 1.82) is 0 Å². The average Bonchev–Trinajstić information content (AvgIpc) is 2.76. The highest BCUT2D eigenvalue weighted by molar-refractivity contribution is 5.74. The highest BCUT2D eigenvalue weighted by Gasteiger charge is 2.33. The van der Waals surface area contributed by atoms with Crippen LogP contribution in [0.15, 0.2) is 0 Å². The summed E-state index contributed by atoms with van der Waals surface area (Å²) in [5, 5.41) is 12.7. The number of rotatable bonds is 2. The first-order valence-corrected chi connectivity index (χ1v) is 7.25. The minimum atomic E-state index is -0.334. The first-order chi connectivity index (χ1) is 8.87. The highest BCUT2D eigenvalue weighted by atomic mass is 16.5. The summed E-state index contributed by atoms with van der Waals surface area (Å²) in [5.74, 6) is 0.219. The predicted octanol–water partition coefficient (Wildman–Crippen LogP) is 1.36. The Kier molecular flexibility index (Phi) is 4.36. The van der Waals surface area contributed by atoms with E-state index in [1.807, 2.05) is 4.90 Å². The van der Waals surface area contributed by atoms with Crippen LogP contribution < -0.4 is 5.32 Å². The Bertz CT molecular complexity index is 331. The Hall–Kier alpha value is -0.810. The van der Waals surface area contributed by atoms with Crippen LogP contribution in [0.25, 0.3) is 0 Å². The Morgan fingerprint density at radius 1 is 1.47 bits per heavy atom. The van der Waals surface area contributed by atoms with Gasteiger partial charge >= 0.3 is 6.03 Å². The van der Waals surface area contributed by atoms with E-state index in [2.05, 4.69) is 19.2 Å². The molecular weight excluding hydrogens is 244 g/mol. The number of amides is 2. The van der Waals surface area contributed by atoms with Gasteiger partial charge in [0, 0.05) is 31.7 Å². The zero-order valence-corrected chi connectivity index (χ0v) is 12.2. The van der Waals surface area contributed by atoms with Crippen LogP contribution in [0.2, 0.25) is 0 Å². The molecule has 2 rings (SSSR count). The van der Waals surface area contributed by atoms with Gasteiger partial charge in [-0.1, -0.05) is 0 Å². The number of nitrogens with one attached hydrogen (secondary N) is 1. The number of urea groups is 1. The number of carbonyl (C=O) groups is 1. The lowest BCUT2D eigenvalue weighted by Crippen LogP contribution is -2.49. The van der Waals surface area contributed by atoms with Crippen molar-refractivity contribution in [3.8, 4) is 0 Å². The van der Waals surface area contributed by atoms with Gasteiger partial charge in [-0.2, -0.15) is 0 Å². The Balaban J connectivity index is 1.81. The zero-order valence-electron chi connectivity index (χ0n) is 12.2. The van der Waals surface area contributed by atoms with Crippen molar-refractivity contribution in [3.63, 3.8) is 0 Å². The maximum atomic E-state index is 12.2. The van der Waals surface area contributed by atoms with Crippen LogP contribution in [-0.4, -0.2) is 53.5 Å². The maximum Gasteiger partial charge on any atom is 0.317 e. The van der Waals surface area contributed by atoms with Gasteiger partial charge in [0.2, 0.25) is 0 Å². The molecule has 0 saturated carbocycles. The van der Waals surface area contributed by atoms with Crippen molar-refractivity contribution >= 4 is 6.03 Å². The van der Waals surface area contributed by atoms with E-state index in [1.165, 1.54) is 0 Å². The molecule has 0 radical (unpaired) electrons. The van der Waals surface area contributed by atoms with E-state index in [1.54, 1.807) is 6.92 Å². The highest BCUT2D eigenvalue weighted by Crippen LogP contribution is 2.25. The lowest BCUT2D eigenvalue weighted by molar-refractivity contribution is -0.0615. The molecule has 0 aromatic rings. The number of carbonyl (C=O) groups excluding carboxylic acids is 1. The number of ether oxygens (including phenoxy) is 1. The fourth-order valence-electron chi connectivity index (χ4n) is 2.99. The van der Waals surface area contributed by atoms with E-state index in [-0.39, 0.29) is 29.7 Å². The molecule has 0 bridgehead atoms. The van der Waals surface area contributed by atoms with Crippen molar-refractivity contribution in [2.75, 3.05) is 19.7 Å². The first kappa shape index (κ1) is 14.6. The molecule has 0 aromatic heterocycles. The van der Waals surface area contributed by atoms with Crippen molar-refractivity contribution in [2.45, 2.75) is 57.8 Å². The molecule has 2 heterocycles.